The van der Waals surface area contributed by atoms with E-state index in [0.29, 0.717) is 17.7 Å². The third kappa shape index (κ3) is 4.36. The fraction of sp³-hybridized carbons (Fsp3) is 0.118. The predicted molar refractivity (Wildman–Crippen MR) is 84.0 cm³/mol. The van der Waals surface area contributed by atoms with E-state index in [2.05, 4.69) is 16.7 Å². The van der Waals surface area contributed by atoms with Crippen LogP contribution in [0.5, 0.6) is 0 Å². The average molecular weight is 290 g/mol. The number of nitrogens with one attached hydrogen (secondary N) is 2. The summed E-state index contributed by atoms with van der Waals surface area (Å²) < 4.78 is 0. The maximum atomic E-state index is 11.9. The van der Waals surface area contributed by atoms with Gasteiger partial charge in [-0.3, -0.25) is 4.79 Å². The van der Waals surface area contributed by atoms with Crippen LogP contribution in [0.1, 0.15) is 11.1 Å². The summed E-state index contributed by atoms with van der Waals surface area (Å²) in [5.41, 5.74) is 2.85. The van der Waals surface area contributed by atoms with Gasteiger partial charge in [-0.15, -0.1) is 0 Å². The molecule has 2 aromatic rings. The molecule has 0 aromatic heterocycles. The lowest BCUT2D eigenvalue weighted by atomic mass is 10.1. The van der Waals surface area contributed by atoms with Crippen molar-refractivity contribution in [3.05, 3.63) is 59.7 Å². The first-order valence-corrected chi connectivity index (χ1v) is 6.71. The highest BCUT2D eigenvalue weighted by Crippen LogP contribution is 2.11. The Balaban J connectivity index is 1.87. The van der Waals surface area contributed by atoms with Crippen molar-refractivity contribution in [2.75, 3.05) is 17.2 Å². The zero-order valence-corrected chi connectivity index (χ0v) is 11.8. The Kier molecular flexibility index (Phi) is 5.12. The first-order valence-electron chi connectivity index (χ1n) is 6.71. The summed E-state index contributed by atoms with van der Waals surface area (Å²) in [6, 6.07) is 18.2. The zero-order chi connectivity index (χ0) is 15.8. The summed E-state index contributed by atoms with van der Waals surface area (Å²) in [6.45, 7) is 0.106. The topological polar surface area (TPSA) is 88.7 Å². The van der Waals surface area contributed by atoms with Crippen LogP contribution in [-0.4, -0.2) is 12.5 Å². The minimum atomic E-state index is -0.185. The number of nitriles is 2. The molecule has 0 aliphatic rings. The second-order valence-electron chi connectivity index (χ2n) is 4.63. The van der Waals surface area contributed by atoms with Crippen molar-refractivity contribution in [1.29, 1.82) is 10.5 Å². The van der Waals surface area contributed by atoms with Crippen LogP contribution in [0.4, 0.5) is 11.4 Å². The molecular weight excluding hydrogens is 276 g/mol. The number of rotatable bonds is 5. The van der Waals surface area contributed by atoms with E-state index < -0.39 is 0 Å². The molecule has 2 aromatic carbocycles. The molecule has 2 N–H and O–H groups in total. The van der Waals surface area contributed by atoms with E-state index in [1.807, 2.05) is 18.2 Å². The van der Waals surface area contributed by atoms with Crippen LogP contribution in [0.2, 0.25) is 0 Å². The van der Waals surface area contributed by atoms with Gasteiger partial charge in [-0.2, -0.15) is 10.5 Å². The Hall–Kier alpha value is -3.31. The van der Waals surface area contributed by atoms with Gasteiger partial charge in [0, 0.05) is 11.4 Å². The molecule has 5 nitrogen and oxygen atoms in total. The van der Waals surface area contributed by atoms with Gasteiger partial charge in [-0.1, -0.05) is 18.2 Å². The minimum Gasteiger partial charge on any atom is -0.376 e. The summed E-state index contributed by atoms with van der Waals surface area (Å²) in [6.07, 6.45) is 0.352. The fourth-order valence-corrected chi connectivity index (χ4v) is 1.88. The number of carbonyl (C=O) groups is 1. The van der Waals surface area contributed by atoms with Gasteiger partial charge in [-0.05, 0) is 35.9 Å². The Bertz CT molecular complexity index is 738. The van der Waals surface area contributed by atoms with Crippen molar-refractivity contribution >= 4 is 17.3 Å². The molecule has 0 radical (unpaired) electrons. The van der Waals surface area contributed by atoms with Gasteiger partial charge < -0.3 is 10.6 Å². The van der Waals surface area contributed by atoms with Crippen molar-refractivity contribution in [1.82, 2.24) is 0 Å². The highest BCUT2D eigenvalue weighted by atomic mass is 16.1. The number of hydrogen-bond acceptors (Lipinski definition) is 4. The molecule has 0 saturated carbocycles. The average Bonchev–Trinajstić information content (AvgIpc) is 2.55. The summed E-state index contributed by atoms with van der Waals surface area (Å²) in [5.74, 6) is -0.185. The third-order valence-corrected chi connectivity index (χ3v) is 2.97. The van der Waals surface area contributed by atoms with E-state index in [0.717, 1.165) is 11.3 Å². The molecule has 22 heavy (non-hydrogen) atoms. The molecule has 0 aliphatic carbocycles. The van der Waals surface area contributed by atoms with E-state index >= 15 is 0 Å². The van der Waals surface area contributed by atoms with Gasteiger partial charge in [0.1, 0.15) is 0 Å². The smallest absolute Gasteiger partial charge is 0.243 e. The van der Waals surface area contributed by atoms with Crippen LogP contribution in [0.3, 0.4) is 0 Å². The lowest BCUT2D eigenvalue weighted by Gasteiger charge is -2.08. The number of carbonyl (C=O) groups excluding carboxylic acids is 1. The van der Waals surface area contributed by atoms with Crippen molar-refractivity contribution in [3.63, 3.8) is 0 Å². The molecule has 0 unspecified atom stereocenters. The number of amides is 1. The van der Waals surface area contributed by atoms with E-state index in [1.165, 1.54) is 0 Å². The van der Waals surface area contributed by atoms with E-state index in [4.69, 9.17) is 10.5 Å². The highest BCUT2D eigenvalue weighted by molar-refractivity contribution is 5.93. The van der Waals surface area contributed by atoms with Gasteiger partial charge in [-0.25, -0.2) is 0 Å². The summed E-state index contributed by atoms with van der Waals surface area (Å²) in [5, 5.41) is 23.1. The normalized spacial score (nSPS) is 9.36. The molecule has 0 heterocycles. The quantitative estimate of drug-likeness (QED) is 0.886. The van der Waals surface area contributed by atoms with Crippen LogP contribution in [0.15, 0.2) is 48.5 Å². The molecule has 0 atom stereocenters. The van der Waals surface area contributed by atoms with Crippen LogP contribution >= 0.6 is 0 Å². The molecule has 5 heteroatoms. The van der Waals surface area contributed by atoms with Crippen molar-refractivity contribution in [2.24, 2.45) is 0 Å². The van der Waals surface area contributed by atoms with Gasteiger partial charge >= 0.3 is 0 Å². The number of hydrogen-bond donors (Lipinski definition) is 2. The van der Waals surface area contributed by atoms with E-state index in [9.17, 15) is 4.79 Å². The monoisotopic (exact) mass is 290 g/mol. The van der Waals surface area contributed by atoms with Crippen molar-refractivity contribution < 1.29 is 4.79 Å². The van der Waals surface area contributed by atoms with Crippen LogP contribution in [-0.2, 0) is 11.2 Å². The molecule has 0 spiro atoms. The molecule has 0 fully saturated rings. The lowest BCUT2D eigenvalue weighted by Crippen LogP contribution is -2.21. The Morgan fingerprint density at radius 3 is 2.50 bits per heavy atom. The third-order valence-electron chi connectivity index (χ3n) is 2.97. The zero-order valence-electron chi connectivity index (χ0n) is 11.8. The second kappa shape index (κ2) is 7.47. The Morgan fingerprint density at radius 2 is 1.82 bits per heavy atom. The van der Waals surface area contributed by atoms with Crippen LogP contribution in [0, 0.1) is 22.7 Å². The first-order chi connectivity index (χ1) is 10.7. The summed E-state index contributed by atoms with van der Waals surface area (Å²) in [7, 11) is 0. The lowest BCUT2D eigenvalue weighted by molar-refractivity contribution is -0.114. The van der Waals surface area contributed by atoms with Crippen molar-refractivity contribution in [3.8, 4) is 12.1 Å². The molecule has 0 saturated heterocycles. The first kappa shape index (κ1) is 15.1. The van der Waals surface area contributed by atoms with Crippen LogP contribution < -0.4 is 10.6 Å². The maximum absolute atomic E-state index is 11.9. The number of nitrogens with zero attached hydrogens (tertiary/aromatic N) is 2. The molecular formula is C17H14N4O. The van der Waals surface area contributed by atoms with E-state index in [1.54, 1.807) is 36.4 Å². The summed E-state index contributed by atoms with van der Waals surface area (Å²) >= 11 is 0. The van der Waals surface area contributed by atoms with Gasteiger partial charge in [0.2, 0.25) is 5.91 Å². The highest BCUT2D eigenvalue weighted by Gasteiger charge is 2.03. The van der Waals surface area contributed by atoms with Gasteiger partial charge in [0.15, 0.2) is 0 Å². The van der Waals surface area contributed by atoms with Crippen LogP contribution in [0.25, 0.3) is 0 Å². The predicted octanol–water partition coefficient (Wildman–Crippen LogP) is 2.67. The Morgan fingerprint density at radius 1 is 1.05 bits per heavy atom. The SMILES string of the molecule is N#CCc1ccc(NC(=O)CNc2cccc(C#N)c2)cc1. The molecule has 1 amide bonds. The van der Waals surface area contributed by atoms with Gasteiger partial charge in [0.05, 0.1) is 30.7 Å². The molecule has 108 valence electrons. The summed E-state index contributed by atoms with van der Waals surface area (Å²) in [4.78, 5) is 11.9. The largest absolute Gasteiger partial charge is 0.376 e. The maximum Gasteiger partial charge on any atom is 0.243 e. The number of anilines is 2. The molecule has 0 bridgehead atoms. The second-order valence-corrected chi connectivity index (χ2v) is 4.63. The fourth-order valence-electron chi connectivity index (χ4n) is 1.88. The molecule has 0 aliphatic heterocycles. The van der Waals surface area contributed by atoms with Gasteiger partial charge in [0.25, 0.3) is 0 Å². The Labute approximate surface area is 128 Å². The minimum absolute atomic E-state index is 0.106. The van der Waals surface area contributed by atoms with Crippen molar-refractivity contribution in [2.45, 2.75) is 6.42 Å². The number of benzene rings is 2. The van der Waals surface area contributed by atoms with E-state index in [-0.39, 0.29) is 12.5 Å². The standard InChI is InChI=1S/C17H14N4O/c18-9-8-13-4-6-15(7-5-13)21-17(22)12-20-16-3-1-2-14(10-16)11-19/h1-7,10,20H,8,12H2,(H,21,22). The molecule has 2 rings (SSSR count).